The second-order valence-corrected chi connectivity index (χ2v) is 17.2. The van der Waals surface area contributed by atoms with Crippen molar-refractivity contribution in [1.82, 2.24) is 5.32 Å². The zero-order chi connectivity index (χ0) is 40.3. The number of amides is 1. The van der Waals surface area contributed by atoms with Crippen molar-refractivity contribution in [1.29, 1.82) is 0 Å². The van der Waals surface area contributed by atoms with Crippen LogP contribution in [0.4, 0.5) is 0 Å². The molecule has 0 aliphatic heterocycles. The third-order valence-electron chi connectivity index (χ3n) is 11.7. The van der Waals surface area contributed by atoms with Gasteiger partial charge in [0.15, 0.2) is 0 Å². The Balaban J connectivity index is 4.47. The summed E-state index contributed by atoms with van der Waals surface area (Å²) in [6.45, 7) is 6.49. The van der Waals surface area contributed by atoms with Crippen LogP contribution in [-0.4, -0.2) is 46.9 Å². The number of esters is 1. The standard InChI is InChI=1S/C49H97NO5/c1-4-7-10-13-16-19-22-23-24-25-27-30-33-36-39-42-49(54)55-45(40-37-34-31-28-21-18-15-12-9-6-3)43-48(53)50-46(44-51)47(52)41-38-35-32-29-26-20-17-14-11-8-5-2/h45-47,51-52H,4-44H2,1-3H3,(H,50,53). The minimum Gasteiger partial charge on any atom is -0.462 e. The Kier molecular flexibility index (Phi) is 43.1. The normalized spacial score (nSPS) is 13.2. The highest BCUT2D eigenvalue weighted by molar-refractivity contribution is 5.77. The monoisotopic (exact) mass is 780 g/mol. The van der Waals surface area contributed by atoms with Crippen LogP contribution in [0.15, 0.2) is 0 Å². The number of carbonyl (C=O) groups is 2. The summed E-state index contributed by atoms with van der Waals surface area (Å²) in [6.07, 6.45) is 45.9. The summed E-state index contributed by atoms with van der Waals surface area (Å²) in [6, 6.07) is -0.690. The number of rotatable bonds is 45. The maximum absolute atomic E-state index is 13.1. The molecule has 0 aliphatic rings. The molecule has 6 nitrogen and oxygen atoms in total. The molecule has 3 unspecified atom stereocenters. The largest absolute Gasteiger partial charge is 0.462 e. The molecule has 3 N–H and O–H groups in total. The van der Waals surface area contributed by atoms with E-state index in [0.717, 1.165) is 38.5 Å². The Morgan fingerprint density at radius 2 is 0.764 bits per heavy atom. The van der Waals surface area contributed by atoms with Gasteiger partial charge in [0, 0.05) is 6.42 Å². The highest BCUT2D eigenvalue weighted by atomic mass is 16.5. The smallest absolute Gasteiger partial charge is 0.306 e. The van der Waals surface area contributed by atoms with Crippen molar-refractivity contribution < 1.29 is 24.5 Å². The quantitative estimate of drug-likeness (QED) is 0.0422. The molecule has 1 amide bonds. The fraction of sp³-hybridized carbons (Fsp3) is 0.959. The highest BCUT2D eigenvalue weighted by Gasteiger charge is 2.24. The van der Waals surface area contributed by atoms with Gasteiger partial charge in [-0.15, -0.1) is 0 Å². The Bertz CT molecular complexity index is 791. The van der Waals surface area contributed by atoms with Crippen LogP contribution in [0.2, 0.25) is 0 Å². The van der Waals surface area contributed by atoms with E-state index in [1.807, 2.05) is 0 Å². The maximum Gasteiger partial charge on any atom is 0.306 e. The van der Waals surface area contributed by atoms with Gasteiger partial charge in [-0.3, -0.25) is 9.59 Å². The molecular weight excluding hydrogens is 683 g/mol. The molecule has 0 spiro atoms. The molecule has 0 aromatic heterocycles. The minimum atomic E-state index is -0.777. The Hall–Kier alpha value is -1.14. The van der Waals surface area contributed by atoms with Crippen LogP contribution in [-0.2, 0) is 14.3 Å². The van der Waals surface area contributed by atoms with Crippen molar-refractivity contribution in [3.05, 3.63) is 0 Å². The first-order valence-corrected chi connectivity index (χ1v) is 24.8. The predicted molar refractivity (Wildman–Crippen MR) is 237 cm³/mol. The van der Waals surface area contributed by atoms with Crippen molar-refractivity contribution in [3.63, 3.8) is 0 Å². The van der Waals surface area contributed by atoms with Gasteiger partial charge in [0.05, 0.1) is 25.2 Å². The first kappa shape index (κ1) is 53.9. The molecule has 328 valence electrons. The summed E-state index contributed by atoms with van der Waals surface area (Å²) >= 11 is 0. The molecule has 0 radical (unpaired) electrons. The maximum atomic E-state index is 13.1. The fourth-order valence-electron chi connectivity index (χ4n) is 7.90. The first-order valence-electron chi connectivity index (χ1n) is 24.8. The average molecular weight is 780 g/mol. The van der Waals surface area contributed by atoms with Gasteiger partial charge in [0.25, 0.3) is 0 Å². The molecule has 0 aromatic rings. The number of hydrogen-bond acceptors (Lipinski definition) is 5. The van der Waals surface area contributed by atoms with Crippen LogP contribution in [0, 0.1) is 0 Å². The van der Waals surface area contributed by atoms with E-state index in [0.29, 0.717) is 19.3 Å². The molecule has 0 aromatic carbocycles. The predicted octanol–water partition coefficient (Wildman–Crippen LogP) is 14.4. The number of nitrogens with one attached hydrogen (secondary N) is 1. The van der Waals surface area contributed by atoms with E-state index in [1.54, 1.807) is 0 Å². The van der Waals surface area contributed by atoms with E-state index in [4.69, 9.17) is 4.74 Å². The van der Waals surface area contributed by atoms with E-state index in [-0.39, 0.29) is 24.9 Å². The first-order chi connectivity index (χ1) is 27.0. The molecule has 0 aliphatic carbocycles. The van der Waals surface area contributed by atoms with Gasteiger partial charge >= 0.3 is 5.97 Å². The number of unbranched alkanes of at least 4 members (excludes halogenated alkanes) is 33. The topological polar surface area (TPSA) is 95.9 Å². The summed E-state index contributed by atoms with van der Waals surface area (Å²) in [4.78, 5) is 26.0. The SMILES string of the molecule is CCCCCCCCCCCCCCCCCC(=O)OC(CCCCCCCCCCCC)CC(=O)NC(CO)C(O)CCCCCCCCCCCCC. The third-order valence-corrected chi connectivity index (χ3v) is 11.7. The summed E-state index contributed by atoms with van der Waals surface area (Å²) in [5.74, 6) is -0.455. The van der Waals surface area contributed by atoms with Crippen LogP contribution < -0.4 is 5.32 Å². The summed E-state index contributed by atoms with van der Waals surface area (Å²) in [7, 11) is 0. The lowest BCUT2D eigenvalue weighted by Gasteiger charge is -2.24. The Morgan fingerprint density at radius 1 is 0.455 bits per heavy atom. The molecule has 55 heavy (non-hydrogen) atoms. The molecule has 0 saturated heterocycles. The van der Waals surface area contributed by atoms with Crippen LogP contribution in [0.3, 0.4) is 0 Å². The molecule has 0 heterocycles. The number of aliphatic hydroxyl groups is 2. The average Bonchev–Trinajstić information content (AvgIpc) is 3.18. The Morgan fingerprint density at radius 3 is 1.11 bits per heavy atom. The van der Waals surface area contributed by atoms with Crippen LogP contribution in [0.5, 0.6) is 0 Å². The minimum absolute atomic E-state index is 0.0870. The highest BCUT2D eigenvalue weighted by Crippen LogP contribution is 2.18. The van der Waals surface area contributed by atoms with Gasteiger partial charge < -0.3 is 20.3 Å². The number of aliphatic hydroxyl groups excluding tert-OH is 2. The molecule has 0 rings (SSSR count). The fourth-order valence-corrected chi connectivity index (χ4v) is 7.90. The van der Waals surface area contributed by atoms with E-state index < -0.39 is 18.2 Å². The lowest BCUT2D eigenvalue weighted by Crippen LogP contribution is -2.46. The van der Waals surface area contributed by atoms with E-state index in [1.165, 1.54) is 193 Å². The van der Waals surface area contributed by atoms with E-state index >= 15 is 0 Å². The van der Waals surface area contributed by atoms with Crippen molar-refractivity contribution in [3.8, 4) is 0 Å². The second-order valence-electron chi connectivity index (χ2n) is 17.2. The Labute approximate surface area is 343 Å². The molecule has 0 fully saturated rings. The van der Waals surface area contributed by atoms with Crippen molar-refractivity contribution in [2.75, 3.05) is 6.61 Å². The number of ether oxygens (including phenoxy) is 1. The molecular formula is C49H97NO5. The number of hydrogen-bond donors (Lipinski definition) is 3. The number of carbonyl (C=O) groups excluding carboxylic acids is 2. The van der Waals surface area contributed by atoms with Gasteiger partial charge in [-0.1, -0.05) is 239 Å². The summed E-state index contributed by atoms with van der Waals surface area (Å²) < 4.78 is 5.92. The van der Waals surface area contributed by atoms with Crippen molar-refractivity contribution >= 4 is 11.9 Å². The second kappa shape index (κ2) is 44.0. The lowest BCUT2D eigenvalue weighted by molar-refractivity contribution is -0.151. The zero-order valence-corrected chi connectivity index (χ0v) is 37.3. The van der Waals surface area contributed by atoms with Gasteiger partial charge in [-0.2, -0.15) is 0 Å². The molecule has 6 heteroatoms. The van der Waals surface area contributed by atoms with Crippen molar-refractivity contribution in [2.45, 2.75) is 296 Å². The lowest BCUT2D eigenvalue weighted by atomic mass is 10.0. The van der Waals surface area contributed by atoms with Gasteiger partial charge in [-0.05, 0) is 25.7 Å². The summed E-state index contributed by atoms with van der Waals surface area (Å²) in [5.41, 5.74) is 0. The van der Waals surface area contributed by atoms with Gasteiger partial charge in [-0.25, -0.2) is 0 Å². The van der Waals surface area contributed by atoms with Crippen LogP contribution in [0.1, 0.15) is 278 Å². The van der Waals surface area contributed by atoms with E-state index in [2.05, 4.69) is 26.1 Å². The molecule has 3 atom stereocenters. The van der Waals surface area contributed by atoms with Crippen LogP contribution >= 0.6 is 0 Å². The van der Waals surface area contributed by atoms with Crippen molar-refractivity contribution in [2.24, 2.45) is 0 Å². The van der Waals surface area contributed by atoms with Gasteiger partial charge in [0.1, 0.15) is 6.10 Å². The van der Waals surface area contributed by atoms with Crippen LogP contribution in [0.25, 0.3) is 0 Å². The molecule has 0 saturated carbocycles. The van der Waals surface area contributed by atoms with E-state index in [9.17, 15) is 19.8 Å². The van der Waals surface area contributed by atoms with Gasteiger partial charge in [0.2, 0.25) is 5.91 Å². The zero-order valence-electron chi connectivity index (χ0n) is 37.3. The molecule has 0 bridgehead atoms. The summed E-state index contributed by atoms with van der Waals surface area (Å²) in [5, 5.41) is 23.7. The third kappa shape index (κ3) is 39.5.